The van der Waals surface area contributed by atoms with Crippen molar-refractivity contribution in [1.82, 2.24) is 0 Å². The van der Waals surface area contributed by atoms with Gasteiger partial charge in [0.25, 0.3) is 0 Å². The third kappa shape index (κ3) is 18.0. The van der Waals surface area contributed by atoms with Gasteiger partial charge in [-0.25, -0.2) is 0 Å². The summed E-state index contributed by atoms with van der Waals surface area (Å²) in [6, 6.07) is 0. The van der Waals surface area contributed by atoms with E-state index in [1.165, 1.54) is 0 Å². The van der Waals surface area contributed by atoms with E-state index >= 15 is 0 Å². The minimum Gasteiger partial charge on any atom is -0.391 e. The zero-order valence-corrected chi connectivity index (χ0v) is 6.94. The van der Waals surface area contributed by atoms with Crippen LogP contribution in [0.4, 0.5) is 0 Å². The average molecular weight is 152 g/mol. The molecule has 0 fully saturated rings. The lowest BCUT2D eigenvalue weighted by molar-refractivity contribution is -0.870. The lowest BCUT2D eigenvalue weighted by Crippen LogP contribution is -2.36. The topological polar surface area (TPSA) is 37.3 Å². The molecule has 0 aliphatic rings. The summed E-state index contributed by atoms with van der Waals surface area (Å²) in [7, 11) is 6.16. The fourth-order valence-electron chi connectivity index (χ4n) is 0.300. The van der Waals surface area contributed by atoms with Crippen molar-refractivity contribution in [3.05, 3.63) is 0 Å². The highest BCUT2D eigenvalue weighted by Gasteiger charge is 2.02. The van der Waals surface area contributed by atoms with Gasteiger partial charge in [0.15, 0.2) is 12.5 Å². The molecule has 0 radical (unpaired) electrons. The van der Waals surface area contributed by atoms with E-state index in [-0.39, 0.29) is 6.61 Å². The maximum Gasteiger partial charge on any atom is 0.197 e. The highest BCUT2D eigenvalue weighted by molar-refractivity contribution is 7.44. The molecular weight excluding hydrogens is 138 g/mol. The minimum absolute atomic E-state index is 0.281. The third-order valence-electron chi connectivity index (χ3n) is 0.771. The van der Waals surface area contributed by atoms with Gasteiger partial charge in [0.2, 0.25) is 0 Å². The van der Waals surface area contributed by atoms with Crippen LogP contribution in [0.1, 0.15) is 0 Å². The second kappa shape index (κ2) is 6.07. The monoisotopic (exact) mass is 152 g/mol. The molecule has 0 amide bonds. The van der Waals surface area contributed by atoms with Gasteiger partial charge in [-0.1, -0.05) is 0 Å². The third-order valence-corrected chi connectivity index (χ3v) is 0.771. The van der Waals surface area contributed by atoms with Crippen molar-refractivity contribution in [3.8, 4) is 0 Å². The number of hydrogen-bond acceptors (Lipinski definition) is 3. The number of aliphatic hydroxyl groups is 1. The average Bonchev–Trinajstić information content (AvgIpc) is 1.69. The Bertz CT molecular complexity index is 62.5. The summed E-state index contributed by atoms with van der Waals surface area (Å²) >= 11 is 2.83. The van der Waals surface area contributed by atoms with Crippen molar-refractivity contribution in [2.24, 2.45) is 0 Å². The SMILES string of the molecule is C[N+](C)(C)CCO.O=S. The van der Waals surface area contributed by atoms with Crippen LogP contribution in [0.5, 0.6) is 0 Å². The lowest BCUT2D eigenvalue weighted by atomic mass is 10.5. The van der Waals surface area contributed by atoms with Crippen LogP contribution in [0.15, 0.2) is 0 Å². The Morgan fingerprint density at radius 3 is 1.67 bits per heavy atom. The Kier molecular flexibility index (Phi) is 7.89. The molecule has 0 atom stereocenters. The van der Waals surface area contributed by atoms with Crippen LogP contribution in [0.2, 0.25) is 0 Å². The van der Waals surface area contributed by atoms with Crippen LogP contribution >= 0.6 is 0 Å². The fourth-order valence-corrected chi connectivity index (χ4v) is 0.300. The van der Waals surface area contributed by atoms with E-state index in [4.69, 9.17) is 9.32 Å². The maximum absolute atomic E-state index is 8.39. The molecule has 0 heterocycles. The first kappa shape index (κ1) is 11.7. The molecule has 0 aliphatic carbocycles. The molecule has 0 aromatic carbocycles. The quantitative estimate of drug-likeness (QED) is 0.534. The van der Waals surface area contributed by atoms with E-state index in [1.807, 2.05) is 0 Å². The van der Waals surface area contributed by atoms with Gasteiger partial charge in [0, 0.05) is 0 Å². The molecule has 0 spiro atoms. The minimum atomic E-state index is 0.281. The fraction of sp³-hybridized carbons (Fsp3) is 1.00. The number of hydrogen-bond donors (Lipinski definition) is 1. The normalized spacial score (nSPS) is 9.78. The summed E-state index contributed by atoms with van der Waals surface area (Å²) in [5.74, 6) is 0. The van der Waals surface area contributed by atoms with Gasteiger partial charge < -0.3 is 9.59 Å². The molecule has 56 valence electrons. The standard InChI is InChI=1S/C5H14NO.OS/c1-6(2,3)4-5-7;1-2/h7H,4-5H2,1-3H3;/q+1;. The number of aliphatic hydroxyl groups excluding tert-OH is 1. The Morgan fingerprint density at radius 2 is 1.67 bits per heavy atom. The highest BCUT2D eigenvalue weighted by Crippen LogP contribution is 1.84. The van der Waals surface area contributed by atoms with Crippen molar-refractivity contribution < 1.29 is 13.8 Å². The zero-order valence-electron chi connectivity index (χ0n) is 6.13. The zero-order chi connectivity index (χ0) is 7.91. The molecule has 0 rings (SSSR count). The predicted molar refractivity (Wildman–Crippen MR) is 38.1 cm³/mol. The first-order valence-corrected chi connectivity index (χ1v) is 2.97. The molecule has 0 saturated heterocycles. The Labute approximate surface area is 61.4 Å². The van der Waals surface area contributed by atoms with Gasteiger partial charge >= 0.3 is 0 Å². The summed E-state index contributed by atoms with van der Waals surface area (Å²) in [5.41, 5.74) is 0. The number of rotatable bonds is 2. The second-order valence-corrected chi connectivity index (χ2v) is 2.74. The molecule has 0 unspecified atom stereocenters. The Morgan fingerprint density at radius 1 is 1.33 bits per heavy atom. The largest absolute Gasteiger partial charge is 0.391 e. The smallest absolute Gasteiger partial charge is 0.197 e. The molecule has 0 aromatic heterocycles. The van der Waals surface area contributed by atoms with Gasteiger partial charge in [0.1, 0.15) is 6.54 Å². The molecule has 0 aromatic rings. The summed E-state index contributed by atoms with van der Waals surface area (Å²) in [6.07, 6.45) is 0. The van der Waals surface area contributed by atoms with E-state index < -0.39 is 0 Å². The van der Waals surface area contributed by atoms with Gasteiger partial charge in [-0.3, -0.25) is 0 Å². The summed E-state index contributed by atoms with van der Waals surface area (Å²) < 4.78 is 8.68. The van der Waals surface area contributed by atoms with Crippen LogP contribution < -0.4 is 0 Å². The first-order valence-electron chi connectivity index (χ1n) is 2.64. The van der Waals surface area contributed by atoms with Gasteiger partial charge in [0.05, 0.1) is 27.7 Å². The molecule has 1 N–H and O–H groups in total. The molecular formula is C5H14NO2S+. The van der Waals surface area contributed by atoms with Crippen LogP contribution in [0.3, 0.4) is 0 Å². The van der Waals surface area contributed by atoms with Crippen LogP contribution in [-0.4, -0.2) is 48.1 Å². The van der Waals surface area contributed by atoms with E-state index in [9.17, 15) is 0 Å². The van der Waals surface area contributed by atoms with Crippen LogP contribution in [-0.2, 0) is 12.5 Å². The molecule has 0 saturated carbocycles. The van der Waals surface area contributed by atoms with Crippen molar-refractivity contribution in [1.29, 1.82) is 0 Å². The molecule has 4 heteroatoms. The molecule has 0 aliphatic heterocycles. The Balaban J connectivity index is 0. The first-order chi connectivity index (χ1) is 4.06. The molecule has 3 nitrogen and oxygen atoms in total. The number of nitrogens with zero attached hydrogens (tertiary/aromatic N) is 1. The highest BCUT2D eigenvalue weighted by atomic mass is 32.1. The van der Waals surface area contributed by atoms with Crippen LogP contribution in [0.25, 0.3) is 0 Å². The van der Waals surface area contributed by atoms with E-state index in [0.717, 1.165) is 11.0 Å². The second-order valence-electron chi connectivity index (χ2n) is 2.74. The Hall–Kier alpha value is -0.0600. The lowest BCUT2D eigenvalue weighted by Gasteiger charge is -2.21. The van der Waals surface area contributed by atoms with Crippen molar-refractivity contribution in [2.45, 2.75) is 0 Å². The van der Waals surface area contributed by atoms with Crippen molar-refractivity contribution >= 4 is 12.5 Å². The van der Waals surface area contributed by atoms with E-state index in [1.54, 1.807) is 0 Å². The number of quaternary nitrogens is 1. The van der Waals surface area contributed by atoms with Gasteiger partial charge in [-0.2, -0.15) is 4.21 Å². The maximum atomic E-state index is 8.39. The van der Waals surface area contributed by atoms with E-state index in [0.29, 0.717) is 0 Å². The number of likely N-dealkylation sites (N-methyl/N-ethyl adjacent to an activating group) is 1. The predicted octanol–water partition coefficient (Wildman–Crippen LogP) is -0.651. The van der Waals surface area contributed by atoms with Crippen LogP contribution in [0, 0.1) is 0 Å². The van der Waals surface area contributed by atoms with Gasteiger partial charge in [-0.05, 0) is 0 Å². The van der Waals surface area contributed by atoms with Gasteiger partial charge in [-0.15, -0.1) is 0 Å². The summed E-state index contributed by atoms with van der Waals surface area (Å²) in [4.78, 5) is 0. The summed E-state index contributed by atoms with van der Waals surface area (Å²) in [5, 5.41) is 8.39. The van der Waals surface area contributed by atoms with E-state index in [2.05, 4.69) is 33.7 Å². The summed E-state index contributed by atoms with van der Waals surface area (Å²) in [6.45, 7) is 1.11. The molecule has 0 bridgehead atoms. The van der Waals surface area contributed by atoms with Crippen molar-refractivity contribution in [2.75, 3.05) is 34.3 Å². The van der Waals surface area contributed by atoms with Crippen molar-refractivity contribution in [3.63, 3.8) is 0 Å². The molecule has 9 heavy (non-hydrogen) atoms.